The average Bonchev–Trinajstić information content (AvgIpc) is 3.62. The monoisotopic (exact) mass is 793 g/mol. The lowest BCUT2D eigenvalue weighted by atomic mass is 9.68. The van der Waals surface area contributed by atoms with Gasteiger partial charge in [0.2, 0.25) is 5.60 Å². The van der Waals surface area contributed by atoms with Gasteiger partial charge < -0.3 is 29.2 Å². The Morgan fingerprint density at radius 3 is 2.32 bits per heavy atom. The van der Waals surface area contributed by atoms with Gasteiger partial charge in [0.15, 0.2) is 0 Å². The first-order chi connectivity index (χ1) is 26.5. The van der Waals surface area contributed by atoms with Crippen LogP contribution in [0.2, 0.25) is 0 Å². The van der Waals surface area contributed by atoms with E-state index in [1.807, 2.05) is 6.08 Å². The van der Waals surface area contributed by atoms with E-state index in [0.717, 1.165) is 74.6 Å². The summed E-state index contributed by atoms with van der Waals surface area (Å²) < 4.78 is 95.8. The quantitative estimate of drug-likeness (QED) is 0.192. The molecule has 1 aromatic carbocycles. The van der Waals surface area contributed by atoms with Gasteiger partial charge in [-0.15, -0.1) is 0 Å². The molecule has 0 bridgehead atoms. The van der Waals surface area contributed by atoms with Gasteiger partial charge in [0.25, 0.3) is 11.8 Å². The van der Waals surface area contributed by atoms with Gasteiger partial charge in [-0.25, -0.2) is 0 Å². The van der Waals surface area contributed by atoms with Crippen molar-refractivity contribution in [3.8, 4) is 5.75 Å². The molecule has 0 spiro atoms. The van der Waals surface area contributed by atoms with Crippen molar-refractivity contribution in [2.75, 3.05) is 19.6 Å². The summed E-state index contributed by atoms with van der Waals surface area (Å²) in [6.07, 6.45) is -0.924. The van der Waals surface area contributed by atoms with Gasteiger partial charge in [0, 0.05) is 44.1 Å². The molecule has 3 fully saturated rings. The molecule has 2 aliphatic carbocycles. The van der Waals surface area contributed by atoms with Crippen molar-refractivity contribution >= 4 is 18.1 Å². The summed E-state index contributed by atoms with van der Waals surface area (Å²) in [4.78, 5) is 47.1. The van der Waals surface area contributed by atoms with E-state index in [2.05, 4.69) is 11.9 Å². The number of aldehydes is 1. The summed E-state index contributed by atoms with van der Waals surface area (Å²) in [6, 6.07) is 4.56. The molecule has 1 saturated carbocycles. The first-order valence-electron chi connectivity index (χ1n) is 19.5. The molecule has 1 N–H and O–H groups in total. The summed E-state index contributed by atoms with van der Waals surface area (Å²) in [5.41, 5.74) is -6.14. The van der Waals surface area contributed by atoms with Crippen molar-refractivity contribution in [1.82, 2.24) is 14.8 Å². The minimum Gasteiger partial charge on any atom is -0.495 e. The third-order valence-corrected chi connectivity index (χ3v) is 12.1. The Kier molecular flexibility index (Phi) is 12.1. The van der Waals surface area contributed by atoms with Crippen LogP contribution in [0.5, 0.6) is 5.75 Å². The van der Waals surface area contributed by atoms with E-state index in [1.165, 1.54) is 9.80 Å². The van der Waals surface area contributed by atoms with Gasteiger partial charge in [-0.2, -0.15) is 26.3 Å². The standard InChI is InChI=1S/C41H49F6N3O6/c1-3-7-33-39(56-29-15-12-28(13-16-29)40(42,43)44,17-6-21-50(33)36(52)35-31(41(45,46)47)9-5-20-48-35)37(53)49-22-18-38(54,19-23-49)34-26(2)8-4-10-32(34)55-30-14-11-27(24-30)25-51/h5,9-10,12-13,15-16,20,25-27,30,33-34,54H,3-4,6-8,11,14,17-19,21-24H2,1-2H3. The van der Waals surface area contributed by atoms with Crippen LogP contribution in [0.3, 0.4) is 0 Å². The molecule has 306 valence electrons. The molecular weight excluding hydrogens is 744 g/mol. The van der Waals surface area contributed by atoms with Gasteiger partial charge in [-0.05, 0) is 106 Å². The molecule has 15 heteroatoms. The van der Waals surface area contributed by atoms with Gasteiger partial charge >= 0.3 is 12.4 Å². The minimum absolute atomic E-state index is 0.00814. The first-order valence-corrected chi connectivity index (χ1v) is 19.5. The second-order valence-electron chi connectivity index (χ2n) is 15.8. The van der Waals surface area contributed by atoms with E-state index >= 15 is 4.79 Å². The number of rotatable bonds is 10. The van der Waals surface area contributed by atoms with Crippen LogP contribution >= 0.6 is 0 Å². The van der Waals surface area contributed by atoms with Crippen LogP contribution in [0.25, 0.3) is 0 Å². The van der Waals surface area contributed by atoms with Gasteiger partial charge in [0.1, 0.15) is 17.7 Å². The second-order valence-corrected chi connectivity index (χ2v) is 15.8. The largest absolute Gasteiger partial charge is 0.495 e. The molecule has 3 heterocycles. The lowest BCUT2D eigenvalue weighted by Gasteiger charge is -2.52. The van der Waals surface area contributed by atoms with Crippen LogP contribution in [0.15, 0.2) is 54.4 Å². The molecule has 6 unspecified atom stereocenters. The fourth-order valence-corrected chi connectivity index (χ4v) is 9.32. The lowest BCUT2D eigenvalue weighted by molar-refractivity contribution is -0.166. The summed E-state index contributed by atoms with van der Waals surface area (Å²) >= 11 is 0. The SMILES string of the molecule is CCCC1N(C(=O)c2ncccc2C(F)(F)F)CCCC1(Oc1ccc(C(F)(F)F)cc1)C(=O)N1CCC(O)(C2C(OC3CCC(C=O)C3)=CCCC2C)CC1. The number of hydrogen-bond acceptors (Lipinski definition) is 7. The fourth-order valence-electron chi connectivity index (χ4n) is 9.32. The number of ether oxygens (including phenoxy) is 2. The van der Waals surface area contributed by atoms with Crippen molar-refractivity contribution in [2.45, 2.75) is 120 Å². The summed E-state index contributed by atoms with van der Waals surface area (Å²) in [5.74, 6) is -1.35. The maximum atomic E-state index is 15.1. The predicted octanol–water partition coefficient (Wildman–Crippen LogP) is 8.01. The predicted molar refractivity (Wildman–Crippen MR) is 192 cm³/mol. The Hall–Kier alpha value is -4.14. The number of aliphatic hydroxyl groups is 1. The minimum atomic E-state index is -4.89. The third kappa shape index (κ3) is 8.43. The van der Waals surface area contributed by atoms with E-state index < -0.39 is 58.2 Å². The van der Waals surface area contributed by atoms with Crippen LogP contribution in [-0.4, -0.2) is 81.0 Å². The molecule has 2 amide bonds. The summed E-state index contributed by atoms with van der Waals surface area (Å²) in [5, 5.41) is 12.3. The Balaban J connectivity index is 1.31. The molecule has 4 aliphatic rings. The lowest BCUT2D eigenvalue weighted by Crippen LogP contribution is -2.69. The second kappa shape index (κ2) is 16.4. The van der Waals surface area contributed by atoms with Gasteiger partial charge in [0.05, 0.1) is 34.6 Å². The number of amides is 2. The zero-order chi connectivity index (χ0) is 40.5. The highest BCUT2D eigenvalue weighted by molar-refractivity contribution is 5.96. The average molecular weight is 794 g/mol. The van der Waals surface area contributed by atoms with E-state index in [-0.39, 0.29) is 81.3 Å². The molecule has 2 saturated heterocycles. The highest BCUT2D eigenvalue weighted by atomic mass is 19.4. The van der Waals surface area contributed by atoms with Crippen LogP contribution in [0, 0.1) is 17.8 Å². The van der Waals surface area contributed by atoms with Crippen LogP contribution < -0.4 is 4.74 Å². The number of benzene rings is 1. The zero-order valence-corrected chi connectivity index (χ0v) is 31.6. The number of likely N-dealkylation sites (tertiary alicyclic amines) is 2. The van der Waals surface area contributed by atoms with Crippen LogP contribution in [0.4, 0.5) is 26.3 Å². The summed E-state index contributed by atoms with van der Waals surface area (Å²) in [6.45, 7) is 3.99. The fraction of sp³-hybridized carbons (Fsp3) is 0.610. The highest BCUT2D eigenvalue weighted by Gasteiger charge is 2.57. The molecular formula is C41H49F6N3O6. The molecule has 56 heavy (non-hydrogen) atoms. The Bertz CT molecular complexity index is 1760. The highest BCUT2D eigenvalue weighted by Crippen LogP contribution is 2.47. The maximum Gasteiger partial charge on any atom is 0.418 e. The van der Waals surface area contributed by atoms with E-state index in [9.17, 15) is 41.0 Å². The molecule has 6 atom stereocenters. The molecule has 1 aromatic heterocycles. The third-order valence-electron chi connectivity index (χ3n) is 12.1. The van der Waals surface area contributed by atoms with Crippen LogP contribution in [-0.2, 0) is 26.7 Å². The topological polar surface area (TPSA) is 109 Å². The Morgan fingerprint density at radius 2 is 1.70 bits per heavy atom. The van der Waals surface area contributed by atoms with Gasteiger partial charge in [-0.1, -0.05) is 20.3 Å². The number of alkyl halides is 6. The summed E-state index contributed by atoms with van der Waals surface area (Å²) in [7, 11) is 0. The maximum absolute atomic E-state index is 15.1. The number of aromatic nitrogens is 1. The number of pyridine rings is 1. The van der Waals surface area contributed by atoms with E-state index in [4.69, 9.17) is 9.47 Å². The Morgan fingerprint density at radius 1 is 0.982 bits per heavy atom. The van der Waals surface area contributed by atoms with E-state index in [1.54, 1.807) is 6.92 Å². The van der Waals surface area contributed by atoms with Crippen molar-refractivity contribution in [3.05, 3.63) is 71.3 Å². The van der Waals surface area contributed by atoms with Crippen molar-refractivity contribution in [2.24, 2.45) is 17.8 Å². The number of carbonyl (C=O) groups excluding carboxylic acids is 3. The zero-order valence-electron chi connectivity index (χ0n) is 31.6. The molecule has 2 aliphatic heterocycles. The number of carbonyl (C=O) groups is 3. The number of allylic oxidation sites excluding steroid dienone is 1. The number of halogens is 6. The molecule has 9 nitrogen and oxygen atoms in total. The number of nitrogens with zero attached hydrogens (tertiary/aromatic N) is 3. The number of hydrogen-bond donors (Lipinski definition) is 1. The first kappa shape index (κ1) is 41.5. The van der Waals surface area contributed by atoms with Crippen LogP contribution in [0.1, 0.15) is 106 Å². The molecule has 0 radical (unpaired) electrons. The van der Waals surface area contributed by atoms with Crippen molar-refractivity contribution in [1.29, 1.82) is 0 Å². The number of piperidine rings is 2. The van der Waals surface area contributed by atoms with Crippen molar-refractivity contribution in [3.63, 3.8) is 0 Å². The molecule has 6 rings (SSSR count). The van der Waals surface area contributed by atoms with E-state index in [0.29, 0.717) is 18.6 Å². The normalized spacial score (nSPS) is 28.4. The van der Waals surface area contributed by atoms with Gasteiger partial charge in [-0.3, -0.25) is 14.6 Å². The Labute approximate surface area is 322 Å². The smallest absolute Gasteiger partial charge is 0.418 e. The van der Waals surface area contributed by atoms with Crippen molar-refractivity contribution < 1.29 is 55.3 Å². The molecule has 2 aromatic rings.